The van der Waals surface area contributed by atoms with Gasteiger partial charge in [-0.2, -0.15) is 0 Å². The first-order valence-corrected chi connectivity index (χ1v) is 8.90. The van der Waals surface area contributed by atoms with E-state index in [4.69, 9.17) is 4.98 Å². The zero-order valence-electron chi connectivity index (χ0n) is 13.8. The summed E-state index contributed by atoms with van der Waals surface area (Å²) in [6.45, 7) is 12.4. The monoisotopic (exact) mass is 294 g/mol. The molecule has 0 spiro atoms. The van der Waals surface area contributed by atoms with Crippen molar-refractivity contribution in [2.45, 2.75) is 78.2 Å². The maximum Gasteiger partial charge on any atom is 0.0931 e. The third-order valence-corrected chi connectivity index (χ3v) is 5.12. The van der Waals surface area contributed by atoms with Crippen LogP contribution in [0.15, 0.2) is 0 Å². The standard InChI is InChI=1S/C17H30N2S/c1-12(2)9-10-15-19-16-13(11-18-17(3,4)5)7-6-8-14(16)20-15/h12-13,18H,6-11H2,1-5H3. The van der Waals surface area contributed by atoms with Gasteiger partial charge in [-0.3, -0.25) is 0 Å². The van der Waals surface area contributed by atoms with Gasteiger partial charge in [0.05, 0.1) is 10.7 Å². The first-order chi connectivity index (χ1) is 9.35. The lowest BCUT2D eigenvalue weighted by Crippen LogP contribution is -2.39. The van der Waals surface area contributed by atoms with Gasteiger partial charge < -0.3 is 5.32 Å². The summed E-state index contributed by atoms with van der Waals surface area (Å²) >= 11 is 1.98. The number of nitrogens with zero attached hydrogens (tertiary/aromatic N) is 1. The molecule has 1 heterocycles. The summed E-state index contributed by atoms with van der Waals surface area (Å²) in [5.74, 6) is 1.40. The lowest BCUT2D eigenvalue weighted by molar-refractivity contribution is 0.388. The van der Waals surface area contributed by atoms with Crippen LogP contribution in [0.3, 0.4) is 0 Å². The summed E-state index contributed by atoms with van der Waals surface area (Å²) in [5.41, 5.74) is 1.62. The van der Waals surface area contributed by atoms with E-state index < -0.39 is 0 Å². The number of rotatable bonds is 5. The number of hydrogen-bond donors (Lipinski definition) is 1. The van der Waals surface area contributed by atoms with Gasteiger partial charge >= 0.3 is 0 Å². The molecule has 114 valence electrons. The largest absolute Gasteiger partial charge is 0.311 e. The molecule has 2 nitrogen and oxygen atoms in total. The summed E-state index contributed by atoms with van der Waals surface area (Å²) in [5, 5.41) is 5.02. The summed E-state index contributed by atoms with van der Waals surface area (Å²) in [4.78, 5) is 6.55. The molecule has 1 aliphatic carbocycles. The number of hydrogen-bond acceptors (Lipinski definition) is 3. The molecular formula is C17H30N2S. The second kappa shape index (κ2) is 6.57. The summed E-state index contributed by atoms with van der Waals surface area (Å²) in [6, 6.07) is 0. The Balaban J connectivity index is 2.02. The van der Waals surface area contributed by atoms with Crippen molar-refractivity contribution in [2.75, 3.05) is 6.54 Å². The average Bonchev–Trinajstić information content (AvgIpc) is 2.76. The van der Waals surface area contributed by atoms with Crippen molar-refractivity contribution in [1.82, 2.24) is 10.3 Å². The molecule has 0 aromatic carbocycles. The van der Waals surface area contributed by atoms with Crippen LogP contribution in [0.5, 0.6) is 0 Å². The third kappa shape index (κ3) is 4.56. The highest BCUT2D eigenvalue weighted by molar-refractivity contribution is 7.11. The van der Waals surface area contributed by atoms with Gasteiger partial charge in [-0.25, -0.2) is 4.98 Å². The van der Waals surface area contributed by atoms with E-state index in [1.807, 2.05) is 11.3 Å². The molecular weight excluding hydrogens is 264 g/mol. The van der Waals surface area contributed by atoms with E-state index in [0.29, 0.717) is 5.92 Å². The lowest BCUT2D eigenvalue weighted by Gasteiger charge is -2.27. The fourth-order valence-corrected chi connectivity index (χ4v) is 3.92. The van der Waals surface area contributed by atoms with E-state index in [1.54, 1.807) is 4.88 Å². The Morgan fingerprint density at radius 2 is 2.10 bits per heavy atom. The van der Waals surface area contributed by atoms with Gasteiger partial charge in [0.25, 0.3) is 0 Å². The van der Waals surface area contributed by atoms with E-state index in [0.717, 1.165) is 18.9 Å². The highest BCUT2D eigenvalue weighted by Crippen LogP contribution is 2.35. The van der Waals surface area contributed by atoms with Crippen LogP contribution in [-0.2, 0) is 12.8 Å². The fraction of sp³-hybridized carbons (Fsp3) is 0.824. The first kappa shape index (κ1) is 16.0. The van der Waals surface area contributed by atoms with Crippen LogP contribution < -0.4 is 5.32 Å². The Bertz CT molecular complexity index is 429. The minimum atomic E-state index is 0.202. The van der Waals surface area contributed by atoms with Gasteiger partial charge in [0.2, 0.25) is 0 Å². The molecule has 1 atom stereocenters. The number of aromatic nitrogens is 1. The van der Waals surface area contributed by atoms with Crippen LogP contribution in [-0.4, -0.2) is 17.1 Å². The van der Waals surface area contributed by atoms with E-state index in [1.165, 1.54) is 36.4 Å². The minimum Gasteiger partial charge on any atom is -0.311 e. The van der Waals surface area contributed by atoms with Crippen LogP contribution in [0.1, 0.15) is 75.4 Å². The van der Waals surface area contributed by atoms with E-state index in [2.05, 4.69) is 39.9 Å². The Labute approximate surface area is 128 Å². The van der Waals surface area contributed by atoms with Crippen LogP contribution >= 0.6 is 11.3 Å². The molecule has 0 aliphatic heterocycles. The molecule has 1 N–H and O–H groups in total. The van der Waals surface area contributed by atoms with E-state index in [-0.39, 0.29) is 5.54 Å². The minimum absolute atomic E-state index is 0.202. The lowest BCUT2D eigenvalue weighted by atomic mass is 9.90. The van der Waals surface area contributed by atoms with Gasteiger partial charge in [-0.05, 0) is 58.8 Å². The van der Waals surface area contributed by atoms with Crippen molar-refractivity contribution in [1.29, 1.82) is 0 Å². The number of fused-ring (bicyclic) bond motifs is 1. The Hall–Kier alpha value is -0.410. The number of thiazole rings is 1. The van der Waals surface area contributed by atoms with Crippen LogP contribution in [0.25, 0.3) is 0 Å². The molecule has 0 fully saturated rings. The molecule has 20 heavy (non-hydrogen) atoms. The molecule has 0 radical (unpaired) electrons. The maximum atomic E-state index is 4.98. The molecule has 0 saturated carbocycles. The zero-order valence-corrected chi connectivity index (χ0v) is 14.6. The average molecular weight is 295 g/mol. The highest BCUT2D eigenvalue weighted by atomic mass is 32.1. The van der Waals surface area contributed by atoms with Gasteiger partial charge in [0.1, 0.15) is 0 Å². The maximum absolute atomic E-state index is 4.98. The normalized spacial score (nSPS) is 19.4. The molecule has 1 aromatic heterocycles. The van der Waals surface area contributed by atoms with Crippen LogP contribution in [0.4, 0.5) is 0 Å². The number of aryl methyl sites for hydroxylation is 2. The Kier molecular flexibility index (Phi) is 5.25. The van der Waals surface area contributed by atoms with E-state index in [9.17, 15) is 0 Å². The second-order valence-corrected chi connectivity index (χ2v) is 8.74. The molecule has 2 rings (SSSR count). The summed E-state index contributed by atoms with van der Waals surface area (Å²) in [7, 11) is 0. The molecule has 0 amide bonds. The predicted molar refractivity (Wildman–Crippen MR) is 88.7 cm³/mol. The van der Waals surface area contributed by atoms with E-state index >= 15 is 0 Å². The van der Waals surface area contributed by atoms with Crippen molar-refractivity contribution >= 4 is 11.3 Å². The van der Waals surface area contributed by atoms with Gasteiger partial charge in [-0.15, -0.1) is 11.3 Å². The molecule has 0 bridgehead atoms. The van der Waals surface area contributed by atoms with Gasteiger partial charge in [0, 0.05) is 22.9 Å². The van der Waals surface area contributed by atoms with Crippen LogP contribution in [0, 0.1) is 5.92 Å². The summed E-state index contributed by atoms with van der Waals surface area (Å²) in [6.07, 6.45) is 6.30. The molecule has 0 saturated heterocycles. The van der Waals surface area contributed by atoms with Crippen molar-refractivity contribution in [3.05, 3.63) is 15.6 Å². The Morgan fingerprint density at radius 3 is 2.75 bits per heavy atom. The fourth-order valence-electron chi connectivity index (χ4n) is 2.71. The van der Waals surface area contributed by atoms with Crippen molar-refractivity contribution in [3.8, 4) is 0 Å². The Morgan fingerprint density at radius 1 is 1.35 bits per heavy atom. The first-order valence-electron chi connectivity index (χ1n) is 8.08. The van der Waals surface area contributed by atoms with Crippen molar-refractivity contribution in [2.24, 2.45) is 5.92 Å². The SMILES string of the molecule is CC(C)CCc1nc2c(s1)CCCC2CNC(C)(C)C. The van der Waals surface area contributed by atoms with Gasteiger partial charge in [-0.1, -0.05) is 13.8 Å². The quantitative estimate of drug-likeness (QED) is 0.862. The molecule has 1 aromatic rings. The third-order valence-electron chi connectivity index (χ3n) is 3.93. The van der Waals surface area contributed by atoms with Crippen LogP contribution in [0.2, 0.25) is 0 Å². The zero-order chi connectivity index (χ0) is 14.8. The topological polar surface area (TPSA) is 24.9 Å². The highest BCUT2D eigenvalue weighted by Gasteiger charge is 2.25. The molecule has 3 heteroatoms. The van der Waals surface area contributed by atoms with Gasteiger partial charge in [0.15, 0.2) is 0 Å². The number of nitrogens with one attached hydrogen (secondary N) is 1. The second-order valence-electron chi connectivity index (χ2n) is 7.57. The predicted octanol–water partition coefficient (Wildman–Crippen LogP) is 4.54. The van der Waals surface area contributed by atoms with Crippen molar-refractivity contribution in [3.63, 3.8) is 0 Å². The smallest absolute Gasteiger partial charge is 0.0931 e. The molecule has 1 aliphatic rings. The van der Waals surface area contributed by atoms with Crippen molar-refractivity contribution < 1.29 is 0 Å². The molecule has 1 unspecified atom stereocenters. The summed E-state index contributed by atoms with van der Waals surface area (Å²) < 4.78 is 0.